The van der Waals surface area contributed by atoms with Gasteiger partial charge < -0.3 is 14.8 Å². The van der Waals surface area contributed by atoms with Crippen molar-refractivity contribution in [2.45, 2.75) is 32.9 Å². The van der Waals surface area contributed by atoms with Crippen LogP contribution in [0.15, 0.2) is 40.9 Å². The van der Waals surface area contributed by atoms with Crippen molar-refractivity contribution in [2.24, 2.45) is 0 Å². The smallest absolute Gasteiger partial charge is 0.252 e. The van der Waals surface area contributed by atoms with Gasteiger partial charge >= 0.3 is 0 Å². The summed E-state index contributed by atoms with van der Waals surface area (Å²) in [5.74, 6) is 1.57. The molecule has 0 aliphatic carbocycles. The summed E-state index contributed by atoms with van der Waals surface area (Å²) >= 11 is 3.40. The zero-order chi connectivity index (χ0) is 17.1. The molecule has 1 aliphatic heterocycles. The van der Waals surface area contributed by atoms with Crippen LogP contribution in [0.2, 0.25) is 0 Å². The van der Waals surface area contributed by atoms with Gasteiger partial charge in [-0.2, -0.15) is 0 Å². The maximum Gasteiger partial charge on any atom is 0.252 e. The van der Waals surface area contributed by atoms with Gasteiger partial charge in [0.1, 0.15) is 17.6 Å². The molecule has 5 heteroatoms. The first-order chi connectivity index (χ1) is 11.6. The molecule has 24 heavy (non-hydrogen) atoms. The van der Waals surface area contributed by atoms with Gasteiger partial charge in [0.2, 0.25) is 0 Å². The van der Waals surface area contributed by atoms with Crippen LogP contribution >= 0.6 is 15.9 Å². The van der Waals surface area contributed by atoms with Crippen molar-refractivity contribution in [3.05, 3.63) is 57.6 Å². The molecule has 2 aromatic carbocycles. The zero-order valence-corrected chi connectivity index (χ0v) is 15.4. The quantitative estimate of drug-likeness (QED) is 0.836. The molecule has 0 spiro atoms. The summed E-state index contributed by atoms with van der Waals surface area (Å²) in [6, 6.07) is 11.4. The summed E-state index contributed by atoms with van der Waals surface area (Å²) in [6.07, 6.45) is 1.07. The molecule has 1 atom stereocenters. The number of rotatable bonds is 5. The third-order valence-electron chi connectivity index (χ3n) is 3.94. The van der Waals surface area contributed by atoms with Crippen LogP contribution in [0.3, 0.4) is 0 Å². The Morgan fingerprint density at radius 3 is 2.92 bits per heavy atom. The molecule has 2 aromatic rings. The fraction of sp³-hybridized carbons (Fsp3) is 0.316. The highest BCUT2D eigenvalue weighted by Crippen LogP contribution is 2.35. The Kier molecular flexibility index (Phi) is 5.09. The average Bonchev–Trinajstić information content (AvgIpc) is 2.92. The summed E-state index contributed by atoms with van der Waals surface area (Å²) in [4.78, 5) is 12.4. The highest BCUT2D eigenvalue weighted by atomic mass is 79.9. The van der Waals surface area contributed by atoms with Gasteiger partial charge in [0, 0.05) is 28.6 Å². The molecule has 0 bridgehead atoms. The Balaban J connectivity index is 1.78. The molecule has 3 rings (SSSR count). The number of hydrogen-bond donors (Lipinski definition) is 1. The number of carbonyl (C=O) groups excluding carboxylic acids is 1. The van der Waals surface area contributed by atoms with Crippen molar-refractivity contribution in [2.75, 3.05) is 6.61 Å². The number of hydrogen-bond acceptors (Lipinski definition) is 3. The Bertz CT molecular complexity index is 760. The van der Waals surface area contributed by atoms with Gasteiger partial charge in [0.05, 0.1) is 12.2 Å². The van der Waals surface area contributed by atoms with Crippen molar-refractivity contribution in [3.8, 4) is 11.5 Å². The largest absolute Gasteiger partial charge is 0.494 e. The van der Waals surface area contributed by atoms with Crippen LogP contribution in [0.1, 0.15) is 35.3 Å². The third kappa shape index (κ3) is 3.56. The van der Waals surface area contributed by atoms with E-state index in [-0.39, 0.29) is 12.0 Å². The Labute approximate surface area is 150 Å². The summed E-state index contributed by atoms with van der Waals surface area (Å²) < 4.78 is 12.3. The zero-order valence-electron chi connectivity index (χ0n) is 13.8. The highest BCUT2D eigenvalue weighted by molar-refractivity contribution is 9.10. The lowest BCUT2D eigenvalue weighted by molar-refractivity contribution is 0.0950. The molecular weight excluding hydrogens is 370 g/mol. The van der Waals surface area contributed by atoms with E-state index in [0.29, 0.717) is 18.7 Å². The van der Waals surface area contributed by atoms with E-state index in [1.165, 1.54) is 0 Å². The SMILES string of the molecule is CCOc1cc2c(cc1CNC(=O)c1ccccc1Br)OC(C)C2. The minimum Gasteiger partial charge on any atom is -0.494 e. The number of ether oxygens (including phenoxy) is 2. The van der Waals surface area contributed by atoms with E-state index in [0.717, 1.165) is 33.5 Å². The molecule has 1 amide bonds. The fourth-order valence-corrected chi connectivity index (χ4v) is 3.29. The number of carbonyl (C=O) groups is 1. The van der Waals surface area contributed by atoms with Crippen molar-refractivity contribution in [1.82, 2.24) is 5.32 Å². The normalized spacial score (nSPS) is 15.5. The number of amides is 1. The van der Waals surface area contributed by atoms with E-state index < -0.39 is 0 Å². The summed E-state index contributed by atoms with van der Waals surface area (Å²) in [7, 11) is 0. The van der Waals surface area contributed by atoms with Crippen LogP contribution < -0.4 is 14.8 Å². The Hall–Kier alpha value is -2.01. The number of nitrogens with one attached hydrogen (secondary N) is 1. The lowest BCUT2D eigenvalue weighted by Gasteiger charge is -2.13. The molecule has 4 nitrogen and oxygen atoms in total. The van der Waals surface area contributed by atoms with Gasteiger partial charge in [0.25, 0.3) is 5.91 Å². The molecule has 0 fully saturated rings. The molecule has 1 heterocycles. The molecule has 126 valence electrons. The molecule has 0 saturated carbocycles. The van der Waals surface area contributed by atoms with E-state index in [1.54, 1.807) is 6.07 Å². The van der Waals surface area contributed by atoms with Crippen LogP contribution in [-0.4, -0.2) is 18.6 Å². The minimum atomic E-state index is -0.125. The molecule has 1 N–H and O–H groups in total. The first-order valence-electron chi connectivity index (χ1n) is 8.06. The van der Waals surface area contributed by atoms with Gasteiger partial charge in [-0.25, -0.2) is 0 Å². The van der Waals surface area contributed by atoms with Gasteiger partial charge in [-0.05, 0) is 54.0 Å². The van der Waals surface area contributed by atoms with E-state index >= 15 is 0 Å². The molecule has 1 aliphatic rings. The van der Waals surface area contributed by atoms with Gasteiger partial charge in [-0.3, -0.25) is 4.79 Å². The van der Waals surface area contributed by atoms with E-state index in [9.17, 15) is 4.79 Å². The first kappa shape index (κ1) is 16.8. The van der Waals surface area contributed by atoms with Crippen molar-refractivity contribution < 1.29 is 14.3 Å². The summed E-state index contributed by atoms with van der Waals surface area (Å²) in [5.41, 5.74) is 2.69. The number of halogens is 1. The fourth-order valence-electron chi connectivity index (χ4n) is 2.83. The highest BCUT2D eigenvalue weighted by Gasteiger charge is 2.22. The van der Waals surface area contributed by atoms with Crippen LogP contribution in [-0.2, 0) is 13.0 Å². The number of benzene rings is 2. The molecule has 0 saturated heterocycles. The standard InChI is InChI=1S/C19H20BrNO3/c1-3-23-17-9-13-8-12(2)24-18(13)10-14(17)11-21-19(22)15-6-4-5-7-16(15)20/h4-7,9-10,12H,3,8,11H2,1-2H3,(H,21,22). The lowest BCUT2D eigenvalue weighted by Crippen LogP contribution is -2.23. The van der Waals surface area contributed by atoms with Crippen LogP contribution in [0.4, 0.5) is 0 Å². The predicted molar refractivity (Wildman–Crippen MR) is 96.7 cm³/mol. The van der Waals surface area contributed by atoms with Crippen molar-refractivity contribution in [3.63, 3.8) is 0 Å². The second kappa shape index (κ2) is 7.26. The molecule has 0 aromatic heterocycles. The second-order valence-electron chi connectivity index (χ2n) is 5.80. The monoisotopic (exact) mass is 389 g/mol. The van der Waals surface area contributed by atoms with Crippen molar-refractivity contribution >= 4 is 21.8 Å². The lowest BCUT2D eigenvalue weighted by atomic mass is 10.1. The van der Waals surface area contributed by atoms with Gasteiger partial charge in [0.15, 0.2) is 0 Å². The Morgan fingerprint density at radius 2 is 2.17 bits per heavy atom. The van der Waals surface area contributed by atoms with Crippen LogP contribution in [0.25, 0.3) is 0 Å². The maximum atomic E-state index is 12.4. The van der Waals surface area contributed by atoms with E-state index in [2.05, 4.69) is 28.2 Å². The van der Waals surface area contributed by atoms with Crippen LogP contribution in [0.5, 0.6) is 11.5 Å². The first-order valence-corrected chi connectivity index (χ1v) is 8.85. The van der Waals surface area contributed by atoms with E-state index in [4.69, 9.17) is 9.47 Å². The topological polar surface area (TPSA) is 47.6 Å². The van der Waals surface area contributed by atoms with Crippen LogP contribution in [0, 0.1) is 0 Å². The second-order valence-corrected chi connectivity index (χ2v) is 6.65. The van der Waals surface area contributed by atoms with Gasteiger partial charge in [-0.1, -0.05) is 12.1 Å². The summed E-state index contributed by atoms with van der Waals surface area (Å²) in [5, 5.41) is 2.95. The maximum absolute atomic E-state index is 12.4. The molecule has 0 radical (unpaired) electrons. The molecule has 1 unspecified atom stereocenters. The average molecular weight is 390 g/mol. The molecular formula is C19H20BrNO3. The number of fused-ring (bicyclic) bond motifs is 1. The predicted octanol–water partition coefficient (Wildman–Crippen LogP) is 4.10. The van der Waals surface area contributed by atoms with E-state index in [1.807, 2.05) is 37.3 Å². The third-order valence-corrected chi connectivity index (χ3v) is 4.63. The summed E-state index contributed by atoms with van der Waals surface area (Å²) in [6.45, 7) is 4.98. The van der Waals surface area contributed by atoms with Gasteiger partial charge in [-0.15, -0.1) is 0 Å². The van der Waals surface area contributed by atoms with Crippen molar-refractivity contribution in [1.29, 1.82) is 0 Å². The minimum absolute atomic E-state index is 0.125. The Morgan fingerprint density at radius 1 is 1.38 bits per heavy atom.